The van der Waals surface area contributed by atoms with Gasteiger partial charge in [0.2, 0.25) is 0 Å². The van der Waals surface area contributed by atoms with E-state index in [2.05, 4.69) is 4.98 Å². The van der Waals surface area contributed by atoms with Crippen molar-refractivity contribution in [2.45, 2.75) is 13.1 Å². The molecule has 0 aliphatic carbocycles. The fourth-order valence-electron chi connectivity index (χ4n) is 0.852. The Kier molecular flexibility index (Phi) is 3.13. The van der Waals surface area contributed by atoms with E-state index in [1.807, 2.05) is 0 Å². The molecule has 14 heavy (non-hydrogen) atoms. The first-order valence-corrected chi connectivity index (χ1v) is 4.64. The minimum absolute atomic E-state index is 0.0681. The van der Waals surface area contributed by atoms with Crippen molar-refractivity contribution in [1.82, 2.24) is 4.98 Å². The van der Waals surface area contributed by atoms with E-state index in [-0.39, 0.29) is 15.0 Å². The zero-order valence-electron chi connectivity index (χ0n) is 7.02. The topological polar surface area (TPSA) is 30.0 Å². The van der Waals surface area contributed by atoms with Gasteiger partial charge >= 0.3 is 6.18 Å². The summed E-state index contributed by atoms with van der Waals surface area (Å²) >= 11 is 1.66. The maximum Gasteiger partial charge on any atom is 0.417 e. The predicted octanol–water partition coefficient (Wildman–Crippen LogP) is 2.91. The molecule has 1 heterocycles. The van der Waals surface area contributed by atoms with Crippen LogP contribution in [0.15, 0.2) is 12.3 Å². The van der Waals surface area contributed by atoms with Crippen LogP contribution in [0.1, 0.15) is 23.0 Å². The molecule has 0 radical (unpaired) electrons. The first kappa shape index (κ1) is 11.4. The summed E-state index contributed by atoms with van der Waals surface area (Å²) in [5.41, 5.74) is -0.773. The molecule has 0 unspecified atom stereocenters. The van der Waals surface area contributed by atoms with Crippen LogP contribution in [0.4, 0.5) is 13.2 Å². The summed E-state index contributed by atoms with van der Waals surface area (Å²) in [6.45, 7) is 1.26. The van der Waals surface area contributed by atoms with Crippen molar-refractivity contribution in [1.29, 1.82) is 0 Å². The van der Waals surface area contributed by atoms with Gasteiger partial charge in [0.25, 0.3) is 0 Å². The Hall–Kier alpha value is -0.660. The average molecular weight is 315 g/mol. The van der Waals surface area contributed by atoms with Gasteiger partial charge < -0.3 is 0 Å². The maximum absolute atomic E-state index is 12.2. The van der Waals surface area contributed by atoms with E-state index in [0.717, 1.165) is 6.07 Å². The van der Waals surface area contributed by atoms with Crippen LogP contribution in [0.2, 0.25) is 0 Å². The zero-order chi connectivity index (χ0) is 10.9. The lowest BCUT2D eigenvalue weighted by atomic mass is 10.2. The first-order valence-electron chi connectivity index (χ1n) is 3.56. The largest absolute Gasteiger partial charge is 0.417 e. The molecular formula is C8H5F3INO. The highest BCUT2D eigenvalue weighted by molar-refractivity contribution is 14.1. The van der Waals surface area contributed by atoms with Gasteiger partial charge in [-0.05, 0) is 28.7 Å². The molecular weight excluding hydrogens is 310 g/mol. The molecule has 0 atom stereocenters. The van der Waals surface area contributed by atoms with Crippen molar-refractivity contribution in [3.63, 3.8) is 0 Å². The van der Waals surface area contributed by atoms with E-state index < -0.39 is 11.7 Å². The molecule has 0 fully saturated rings. The van der Waals surface area contributed by atoms with Gasteiger partial charge in [-0.25, -0.2) is 0 Å². The Labute approximate surface area is 91.7 Å². The highest BCUT2D eigenvalue weighted by Crippen LogP contribution is 2.30. The van der Waals surface area contributed by atoms with Crippen LogP contribution >= 0.6 is 22.6 Å². The summed E-state index contributed by atoms with van der Waals surface area (Å²) in [6.07, 6.45) is -3.75. The highest BCUT2D eigenvalue weighted by Gasteiger charge is 2.31. The molecule has 0 saturated carbocycles. The molecule has 0 spiro atoms. The molecule has 0 bridgehead atoms. The van der Waals surface area contributed by atoms with Gasteiger partial charge in [-0.3, -0.25) is 9.78 Å². The van der Waals surface area contributed by atoms with Crippen molar-refractivity contribution < 1.29 is 18.0 Å². The van der Waals surface area contributed by atoms with Crippen molar-refractivity contribution >= 4 is 28.4 Å². The van der Waals surface area contributed by atoms with Crippen LogP contribution < -0.4 is 0 Å². The van der Waals surface area contributed by atoms with E-state index >= 15 is 0 Å². The van der Waals surface area contributed by atoms with E-state index in [1.165, 1.54) is 6.92 Å². The van der Waals surface area contributed by atoms with E-state index in [9.17, 15) is 18.0 Å². The lowest BCUT2D eigenvalue weighted by molar-refractivity contribution is -0.137. The van der Waals surface area contributed by atoms with Gasteiger partial charge in [0.05, 0.1) is 5.56 Å². The number of aromatic nitrogens is 1. The van der Waals surface area contributed by atoms with Crippen LogP contribution in [0.3, 0.4) is 0 Å². The van der Waals surface area contributed by atoms with Gasteiger partial charge in [-0.15, -0.1) is 0 Å². The second-order valence-corrected chi connectivity index (χ2v) is 3.77. The third-order valence-corrected chi connectivity index (χ3v) is 2.32. The fraction of sp³-hybridized carbons (Fsp3) is 0.250. The third kappa shape index (κ3) is 2.43. The number of alkyl halides is 3. The minimum Gasteiger partial charge on any atom is -0.293 e. The monoisotopic (exact) mass is 315 g/mol. The SMILES string of the molecule is CC(=O)c1ncc(C(F)(F)F)cc1I. The quantitative estimate of drug-likeness (QED) is 0.589. The first-order chi connectivity index (χ1) is 6.32. The minimum atomic E-state index is -4.41. The summed E-state index contributed by atoms with van der Waals surface area (Å²) < 4.78 is 36.7. The predicted molar refractivity (Wildman–Crippen MR) is 52.0 cm³/mol. The van der Waals surface area contributed by atoms with Crippen LogP contribution in [-0.2, 0) is 6.18 Å². The maximum atomic E-state index is 12.2. The van der Waals surface area contributed by atoms with Gasteiger partial charge in [0.15, 0.2) is 5.78 Å². The Morgan fingerprint density at radius 3 is 2.43 bits per heavy atom. The summed E-state index contributed by atoms with van der Waals surface area (Å²) in [7, 11) is 0. The van der Waals surface area contributed by atoms with E-state index in [0.29, 0.717) is 6.20 Å². The summed E-state index contributed by atoms with van der Waals surface area (Å²) in [4.78, 5) is 14.3. The number of ketones is 1. The van der Waals surface area contributed by atoms with Crippen molar-refractivity contribution in [2.75, 3.05) is 0 Å². The third-order valence-electron chi connectivity index (χ3n) is 1.50. The van der Waals surface area contributed by atoms with E-state index in [4.69, 9.17) is 0 Å². The molecule has 76 valence electrons. The van der Waals surface area contributed by atoms with Gasteiger partial charge in [0, 0.05) is 16.7 Å². The number of carbonyl (C=O) groups is 1. The molecule has 1 aromatic rings. The molecule has 0 saturated heterocycles. The molecule has 1 aromatic heterocycles. The number of halogens is 4. The fourth-order valence-corrected chi connectivity index (χ4v) is 1.71. The Morgan fingerprint density at radius 1 is 1.50 bits per heavy atom. The smallest absolute Gasteiger partial charge is 0.293 e. The second-order valence-electron chi connectivity index (χ2n) is 2.61. The second kappa shape index (κ2) is 3.84. The Bertz CT molecular complexity index is 375. The number of pyridine rings is 1. The number of rotatable bonds is 1. The van der Waals surface area contributed by atoms with E-state index in [1.54, 1.807) is 22.6 Å². The Balaban J connectivity index is 3.20. The number of hydrogen-bond acceptors (Lipinski definition) is 2. The molecule has 0 amide bonds. The van der Waals surface area contributed by atoms with Crippen molar-refractivity contribution in [2.24, 2.45) is 0 Å². The van der Waals surface area contributed by atoms with Crippen LogP contribution in [0.5, 0.6) is 0 Å². The van der Waals surface area contributed by atoms with Crippen LogP contribution in [0, 0.1) is 3.57 Å². The molecule has 0 N–H and O–H groups in total. The summed E-state index contributed by atoms with van der Waals surface area (Å²) in [6, 6.07) is 0.907. The Morgan fingerprint density at radius 2 is 2.07 bits per heavy atom. The van der Waals surface area contributed by atoms with Crippen molar-refractivity contribution in [3.8, 4) is 0 Å². The molecule has 6 heteroatoms. The number of Topliss-reactive ketones (excluding diaryl/α,β-unsaturated/α-hetero) is 1. The molecule has 2 nitrogen and oxygen atoms in total. The van der Waals surface area contributed by atoms with Crippen molar-refractivity contribution in [3.05, 3.63) is 27.1 Å². The summed E-state index contributed by atoms with van der Waals surface area (Å²) in [5.74, 6) is -0.344. The number of carbonyl (C=O) groups excluding carboxylic acids is 1. The summed E-state index contributed by atoms with van der Waals surface area (Å²) in [5, 5.41) is 0. The molecule has 1 rings (SSSR count). The molecule has 0 aromatic carbocycles. The van der Waals surface area contributed by atoms with Crippen LogP contribution in [-0.4, -0.2) is 10.8 Å². The highest BCUT2D eigenvalue weighted by atomic mass is 127. The lowest BCUT2D eigenvalue weighted by Crippen LogP contribution is -2.09. The lowest BCUT2D eigenvalue weighted by Gasteiger charge is -2.07. The normalized spacial score (nSPS) is 11.5. The average Bonchev–Trinajstić information content (AvgIpc) is 2.01. The molecule has 0 aliphatic rings. The van der Waals surface area contributed by atoms with Crippen LogP contribution in [0.25, 0.3) is 0 Å². The van der Waals surface area contributed by atoms with Gasteiger partial charge in [-0.1, -0.05) is 0 Å². The van der Waals surface area contributed by atoms with Gasteiger partial charge in [0.1, 0.15) is 5.69 Å². The molecule has 0 aliphatic heterocycles. The number of hydrogen-bond donors (Lipinski definition) is 0. The standard InChI is InChI=1S/C8H5F3INO/c1-4(14)7-6(12)2-5(3-13-7)8(9,10)11/h2-3H,1H3. The zero-order valence-corrected chi connectivity index (χ0v) is 9.18. The number of nitrogens with zero attached hydrogens (tertiary/aromatic N) is 1. The van der Waals surface area contributed by atoms with Gasteiger partial charge in [-0.2, -0.15) is 13.2 Å².